The molecule has 0 fully saturated rings. The van der Waals surface area contributed by atoms with Crippen LogP contribution in [0.1, 0.15) is 21.5 Å². The van der Waals surface area contributed by atoms with Crippen molar-refractivity contribution < 1.29 is 14.6 Å². The number of hydrogen-bond donors (Lipinski definition) is 2. The lowest BCUT2D eigenvalue weighted by molar-refractivity contribution is 0.0597. The fraction of sp³-hybridized carbons (Fsp3) is 0.364. The Hall–Kier alpha value is -1.55. The Bertz CT molecular complexity index is 415. The predicted octanol–water partition coefficient (Wildman–Crippen LogP) is 0.605. The van der Waals surface area contributed by atoms with Crippen LogP contribution < -0.4 is 5.73 Å². The molecule has 1 aromatic rings. The molecule has 1 unspecified atom stereocenters. The molecule has 1 aliphatic rings. The molecule has 2 rings (SSSR count). The Morgan fingerprint density at radius 2 is 2.27 bits per heavy atom. The van der Waals surface area contributed by atoms with Crippen LogP contribution in [0, 0.1) is 0 Å². The zero-order valence-corrected chi connectivity index (χ0v) is 8.49. The van der Waals surface area contributed by atoms with E-state index in [1.54, 1.807) is 6.07 Å². The van der Waals surface area contributed by atoms with E-state index in [0.29, 0.717) is 6.42 Å². The summed E-state index contributed by atoms with van der Waals surface area (Å²) < 4.78 is 4.57. The molecule has 15 heavy (non-hydrogen) atoms. The number of phenols is 1. The van der Waals surface area contributed by atoms with Crippen molar-refractivity contribution in [1.82, 2.24) is 0 Å². The summed E-state index contributed by atoms with van der Waals surface area (Å²) in [5, 5.41) is 9.87. The number of fused-ring (bicyclic) bond motifs is 1. The van der Waals surface area contributed by atoms with E-state index in [1.807, 2.05) is 6.07 Å². The highest BCUT2D eigenvalue weighted by molar-refractivity contribution is 5.93. The minimum absolute atomic E-state index is 0.0206. The Labute approximate surface area is 87.7 Å². The van der Waals surface area contributed by atoms with Gasteiger partial charge in [0.2, 0.25) is 0 Å². The van der Waals surface area contributed by atoms with Gasteiger partial charge in [0, 0.05) is 6.04 Å². The molecule has 4 heteroatoms. The van der Waals surface area contributed by atoms with Crippen molar-refractivity contribution in [3.63, 3.8) is 0 Å². The third kappa shape index (κ3) is 1.57. The predicted molar refractivity (Wildman–Crippen MR) is 54.8 cm³/mol. The van der Waals surface area contributed by atoms with Crippen LogP contribution in [0.15, 0.2) is 12.1 Å². The Kier molecular flexibility index (Phi) is 2.36. The average molecular weight is 207 g/mol. The van der Waals surface area contributed by atoms with Crippen LogP contribution in [0.5, 0.6) is 5.75 Å². The Morgan fingerprint density at radius 3 is 2.93 bits per heavy atom. The first-order chi connectivity index (χ1) is 7.13. The number of benzene rings is 1. The zero-order valence-electron chi connectivity index (χ0n) is 8.49. The van der Waals surface area contributed by atoms with E-state index < -0.39 is 5.97 Å². The van der Waals surface area contributed by atoms with Crippen LogP contribution >= 0.6 is 0 Å². The first-order valence-corrected chi connectivity index (χ1v) is 4.81. The van der Waals surface area contributed by atoms with Gasteiger partial charge in [0.05, 0.1) is 7.11 Å². The number of hydrogen-bond acceptors (Lipinski definition) is 4. The van der Waals surface area contributed by atoms with Gasteiger partial charge in [0.25, 0.3) is 0 Å². The number of methoxy groups -OCH3 is 1. The molecule has 0 saturated heterocycles. The quantitative estimate of drug-likeness (QED) is 0.661. The molecular formula is C11H13NO3. The van der Waals surface area contributed by atoms with Gasteiger partial charge in [0.15, 0.2) is 0 Å². The molecule has 80 valence electrons. The van der Waals surface area contributed by atoms with E-state index in [4.69, 9.17) is 5.73 Å². The second-order valence-electron chi connectivity index (χ2n) is 3.76. The van der Waals surface area contributed by atoms with E-state index in [0.717, 1.165) is 17.5 Å². The highest BCUT2D eigenvalue weighted by Gasteiger charge is 2.25. The van der Waals surface area contributed by atoms with E-state index in [-0.39, 0.29) is 17.4 Å². The molecule has 0 aromatic heterocycles. The molecular weight excluding hydrogens is 194 g/mol. The van der Waals surface area contributed by atoms with Crippen LogP contribution in [-0.2, 0) is 17.6 Å². The summed E-state index contributed by atoms with van der Waals surface area (Å²) in [5.41, 5.74) is 7.80. The number of carbonyl (C=O) groups excluding carboxylic acids is 1. The molecule has 3 N–H and O–H groups in total. The molecule has 0 bridgehead atoms. The van der Waals surface area contributed by atoms with Crippen molar-refractivity contribution in [3.8, 4) is 5.75 Å². The van der Waals surface area contributed by atoms with Gasteiger partial charge in [-0.15, -0.1) is 0 Å². The molecule has 1 aliphatic carbocycles. The van der Waals surface area contributed by atoms with Gasteiger partial charge < -0.3 is 15.6 Å². The van der Waals surface area contributed by atoms with E-state index >= 15 is 0 Å². The maximum absolute atomic E-state index is 11.3. The minimum atomic E-state index is -0.518. The second-order valence-corrected chi connectivity index (χ2v) is 3.76. The van der Waals surface area contributed by atoms with Crippen molar-refractivity contribution >= 4 is 5.97 Å². The molecule has 0 aliphatic heterocycles. The molecule has 1 atom stereocenters. The third-order valence-electron chi connectivity index (χ3n) is 2.73. The zero-order chi connectivity index (χ0) is 11.0. The molecule has 0 saturated carbocycles. The summed E-state index contributed by atoms with van der Waals surface area (Å²) in [7, 11) is 1.29. The van der Waals surface area contributed by atoms with Crippen molar-refractivity contribution in [2.24, 2.45) is 5.73 Å². The van der Waals surface area contributed by atoms with Gasteiger partial charge in [-0.1, -0.05) is 6.07 Å². The molecule has 4 nitrogen and oxygen atoms in total. The van der Waals surface area contributed by atoms with E-state index in [2.05, 4.69) is 4.74 Å². The van der Waals surface area contributed by atoms with E-state index in [9.17, 15) is 9.90 Å². The normalized spacial score (nSPS) is 18.7. The fourth-order valence-corrected chi connectivity index (χ4v) is 1.99. The Balaban J connectivity index is 2.47. The van der Waals surface area contributed by atoms with Crippen LogP contribution in [0.2, 0.25) is 0 Å². The first kappa shape index (κ1) is 9.98. The van der Waals surface area contributed by atoms with Gasteiger partial charge in [-0.25, -0.2) is 4.79 Å². The summed E-state index contributed by atoms with van der Waals surface area (Å²) in [5.74, 6) is -0.497. The van der Waals surface area contributed by atoms with Crippen LogP contribution in [0.3, 0.4) is 0 Å². The summed E-state index contributed by atoms with van der Waals surface area (Å²) in [6.07, 6.45) is 1.37. The molecule has 0 radical (unpaired) electrons. The van der Waals surface area contributed by atoms with Crippen LogP contribution in [0.25, 0.3) is 0 Å². The maximum Gasteiger partial charge on any atom is 0.341 e. The highest BCUT2D eigenvalue weighted by atomic mass is 16.5. The second kappa shape index (κ2) is 3.55. The summed E-state index contributed by atoms with van der Waals surface area (Å²) in [6.45, 7) is 0. The van der Waals surface area contributed by atoms with Crippen molar-refractivity contribution in [2.45, 2.75) is 18.9 Å². The third-order valence-corrected chi connectivity index (χ3v) is 2.73. The smallest absolute Gasteiger partial charge is 0.341 e. The molecule has 1 aromatic carbocycles. The lowest BCUT2D eigenvalue weighted by atomic mass is 10.0. The SMILES string of the molecule is COC(=O)c1ccc2c(c1O)CC(N)C2. The maximum atomic E-state index is 11.3. The molecule has 0 amide bonds. The lowest BCUT2D eigenvalue weighted by Crippen LogP contribution is -2.19. The standard InChI is InChI=1S/C11H13NO3/c1-15-11(14)8-3-2-6-4-7(12)5-9(6)10(8)13/h2-3,7,13H,4-5,12H2,1H3. The number of carbonyl (C=O) groups is 1. The summed E-state index contributed by atoms with van der Waals surface area (Å²) >= 11 is 0. The van der Waals surface area contributed by atoms with Gasteiger partial charge in [0.1, 0.15) is 11.3 Å². The number of aromatic hydroxyl groups is 1. The topological polar surface area (TPSA) is 72.5 Å². The highest BCUT2D eigenvalue weighted by Crippen LogP contribution is 2.32. The van der Waals surface area contributed by atoms with Crippen molar-refractivity contribution in [1.29, 1.82) is 0 Å². The van der Waals surface area contributed by atoms with Gasteiger partial charge >= 0.3 is 5.97 Å². The number of phenolic OH excluding ortho intramolecular Hbond substituents is 1. The first-order valence-electron chi connectivity index (χ1n) is 4.81. The van der Waals surface area contributed by atoms with E-state index in [1.165, 1.54) is 7.11 Å². The average Bonchev–Trinajstić information content (AvgIpc) is 2.59. The minimum Gasteiger partial charge on any atom is -0.507 e. The number of rotatable bonds is 1. The summed E-state index contributed by atoms with van der Waals surface area (Å²) in [4.78, 5) is 11.3. The summed E-state index contributed by atoms with van der Waals surface area (Å²) in [6, 6.07) is 3.45. The van der Waals surface area contributed by atoms with Gasteiger partial charge in [-0.05, 0) is 30.0 Å². The fourth-order valence-electron chi connectivity index (χ4n) is 1.99. The largest absolute Gasteiger partial charge is 0.507 e. The monoisotopic (exact) mass is 207 g/mol. The number of nitrogens with two attached hydrogens (primary N) is 1. The number of ether oxygens (including phenoxy) is 1. The molecule has 0 spiro atoms. The lowest BCUT2D eigenvalue weighted by Gasteiger charge is -2.07. The van der Waals surface area contributed by atoms with Crippen LogP contribution in [0.4, 0.5) is 0 Å². The van der Waals surface area contributed by atoms with Crippen molar-refractivity contribution in [2.75, 3.05) is 7.11 Å². The van der Waals surface area contributed by atoms with Gasteiger partial charge in [-0.2, -0.15) is 0 Å². The van der Waals surface area contributed by atoms with Crippen LogP contribution in [-0.4, -0.2) is 24.2 Å². The Morgan fingerprint density at radius 1 is 1.53 bits per heavy atom. The number of esters is 1. The molecule has 0 heterocycles. The van der Waals surface area contributed by atoms with Gasteiger partial charge in [-0.3, -0.25) is 0 Å². The van der Waals surface area contributed by atoms with Crippen molar-refractivity contribution in [3.05, 3.63) is 28.8 Å².